The van der Waals surface area contributed by atoms with Crippen LogP contribution in [0.3, 0.4) is 0 Å². The van der Waals surface area contributed by atoms with E-state index in [1.54, 1.807) is 0 Å². The summed E-state index contributed by atoms with van der Waals surface area (Å²) in [7, 11) is 0. The van der Waals surface area contributed by atoms with Crippen molar-refractivity contribution < 1.29 is 9.84 Å². The molecule has 0 aromatic heterocycles. The highest BCUT2D eigenvalue weighted by Crippen LogP contribution is 1.88. The Morgan fingerprint density at radius 3 is 2.78 bits per heavy atom. The summed E-state index contributed by atoms with van der Waals surface area (Å²) >= 11 is 0. The van der Waals surface area contributed by atoms with Gasteiger partial charge in [-0.25, -0.2) is 5.11 Å². The van der Waals surface area contributed by atoms with Gasteiger partial charge < -0.3 is 4.74 Å². The maximum absolute atomic E-state index is 9.87. The van der Waals surface area contributed by atoms with Gasteiger partial charge in [0.2, 0.25) is 0 Å². The molecule has 0 heterocycles. The van der Waals surface area contributed by atoms with Crippen LogP contribution in [-0.2, 0) is 9.84 Å². The maximum atomic E-state index is 9.87. The van der Waals surface area contributed by atoms with Crippen LogP contribution in [0, 0.1) is 0 Å². The Bertz CT molecular complexity index is 79.0. The van der Waals surface area contributed by atoms with Crippen molar-refractivity contribution in [3.63, 3.8) is 0 Å². The largest absolute Gasteiger partial charge is 0.377 e. The van der Waals surface area contributed by atoms with Crippen LogP contribution in [-0.4, -0.2) is 19.8 Å². The first kappa shape index (κ1) is 8.66. The number of hydrogen-bond acceptors (Lipinski definition) is 1. The fourth-order valence-corrected chi connectivity index (χ4v) is 0.407. The third-order valence-corrected chi connectivity index (χ3v) is 0.781. The van der Waals surface area contributed by atoms with Crippen molar-refractivity contribution in [2.45, 2.75) is 13.3 Å². The molecule has 0 unspecified atom stereocenters. The Balaban J connectivity index is 2.83. The quantitative estimate of drug-likeness (QED) is 0.407. The van der Waals surface area contributed by atoms with E-state index in [4.69, 9.17) is 4.74 Å². The molecule has 0 saturated carbocycles. The Labute approximate surface area is 56.1 Å². The summed E-state index contributed by atoms with van der Waals surface area (Å²) < 4.78 is 5.04. The molecule has 0 atom stereocenters. The molecule has 0 aliphatic heterocycles. The van der Waals surface area contributed by atoms with Gasteiger partial charge in [-0.05, 0) is 13.3 Å². The lowest BCUT2D eigenvalue weighted by Gasteiger charge is -1.99. The maximum Gasteiger partial charge on any atom is 0.0844 e. The van der Waals surface area contributed by atoms with Gasteiger partial charge >= 0.3 is 0 Å². The minimum atomic E-state index is -0.0454. The Morgan fingerprint density at radius 2 is 2.33 bits per heavy atom. The first-order valence-electron chi connectivity index (χ1n) is 3.07. The van der Waals surface area contributed by atoms with Gasteiger partial charge in [0.25, 0.3) is 0 Å². The molecule has 0 saturated heterocycles. The average Bonchev–Trinajstić information content (AvgIpc) is 1.80. The summed E-state index contributed by atoms with van der Waals surface area (Å²) in [5.74, 6) is 0. The first-order chi connectivity index (χ1) is 4.27. The second-order valence-corrected chi connectivity index (χ2v) is 2.07. The molecule has 0 rings (SSSR count). The van der Waals surface area contributed by atoms with Crippen molar-refractivity contribution in [1.82, 2.24) is 0 Å². The monoisotopic (exact) mass is 129 g/mol. The number of rotatable bonds is 5. The van der Waals surface area contributed by atoms with Crippen molar-refractivity contribution in [3.8, 4) is 0 Å². The minimum Gasteiger partial charge on any atom is -0.377 e. The third kappa shape index (κ3) is 7.66. The highest BCUT2D eigenvalue weighted by Gasteiger charge is 1.86. The van der Waals surface area contributed by atoms with Crippen LogP contribution in [0.5, 0.6) is 0 Å². The van der Waals surface area contributed by atoms with E-state index in [2.05, 4.69) is 6.58 Å². The summed E-state index contributed by atoms with van der Waals surface area (Å²) in [5.41, 5.74) is 1.00. The van der Waals surface area contributed by atoms with Gasteiger partial charge in [-0.15, -0.1) is 0 Å². The van der Waals surface area contributed by atoms with E-state index < -0.39 is 0 Å². The van der Waals surface area contributed by atoms with Crippen LogP contribution in [0.25, 0.3) is 0 Å². The topological polar surface area (TPSA) is 29.1 Å². The van der Waals surface area contributed by atoms with E-state index in [0.29, 0.717) is 19.6 Å². The van der Waals surface area contributed by atoms with E-state index >= 15 is 0 Å². The smallest absolute Gasteiger partial charge is 0.0844 e. The van der Waals surface area contributed by atoms with Crippen LogP contribution >= 0.6 is 0 Å². The number of hydrogen-bond donors (Lipinski definition) is 0. The van der Waals surface area contributed by atoms with Crippen molar-refractivity contribution in [2.24, 2.45) is 0 Å². The standard InChI is InChI=1S/C7H13O2/c1-7(2)6-9-5-3-4-8/h1,3-6H2,2H3. The van der Waals surface area contributed by atoms with Crippen molar-refractivity contribution in [3.05, 3.63) is 12.2 Å². The molecule has 0 bridgehead atoms. The lowest BCUT2D eigenvalue weighted by atomic mass is 10.4. The lowest BCUT2D eigenvalue weighted by molar-refractivity contribution is 0.112. The summed E-state index contributed by atoms with van der Waals surface area (Å²) in [4.78, 5) is 0. The second kappa shape index (κ2) is 5.79. The van der Waals surface area contributed by atoms with E-state index in [1.165, 1.54) is 0 Å². The zero-order valence-corrected chi connectivity index (χ0v) is 5.85. The van der Waals surface area contributed by atoms with Gasteiger partial charge in [-0.3, -0.25) is 0 Å². The molecule has 2 nitrogen and oxygen atoms in total. The zero-order valence-electron chi connectivity index (χ0n) is 5.85. The molecule has 0 spiro atoms. The summed E-state index contributed by atoms with van der Waals surface area (Å²) in [5, 5.41) is 9.87. The van der Waals surface area contributed by atoms with Crippen molar-refractivity contribution >= 4 is 0 Å². The number of ether oxygens (including phenoxy) is 1. The lowest BCUT2D eigenvalue weighted by Crippen LogP contribution is -1.98. The molecule has 53 valence electrons. The van der Waals surface area contributed by atoms with Gasteiger partial charge in [0.1, 0.15) is 0 Å². The predicted octanol–water partition coefficient (Wildman–Crippen LogP) is 1.40. The average molecular weight is 129 g/mol. The molecule has 0 N–H and O–H groups in total. The fourth-order valence-electron chi connectivity index (χ4n) is 0.407. The summed E-state index contributed by atoms with van der Waals surface area (Å²) in [6.07, 6.45) is 0.604. The molecule has 0 amide bonds. The van der Waals surface area contributed by atoms with Gasteiger partial charge in [-0.1, -0.05) is 12.2 Å². The molecule has 0 fully saturated rings. The molecule has 0 aliphatic carbocycles. The Hall–Kier alpha value is -0.340. The molecule has 1 radical (unpaired) electrons. The Kier molecular flexibility index (Phi) is 5.57. The normalized spacial score (nSPS) is 9.56. The van der Waals surface area contributed by atoms with Crippen LogP contribution in [0.2, 0.25) is 0 Å². The highest BCUT2D eigenvalue weighted by atomic mass is 16.5. The summed E-state index contributed by atoms with van der Waals surface area (Å²) in [6.45, 7) is 6.65. The molecule has 2 heteroatoms. The van der Waals surface area contributed by atoms with Gasteiger partial charge in [0, 0.05) is 6.61 Å². The molecule has 9 heavy (non-hydrogen) atoms. The molecule has 0 aromatic rings. The fraction of sp³-hybridized carbons (Fsp3) is 0.714. The summed E-state index contributed by atoms with van der Waals surface area (Å²) in [6, 6.07) is 0. The van der Waals surface area contributed by atoms with Gasteiger partial charge in [0.15, 0.2) is 0 Å². The van der Waals surface area contributed by atoms with Crippen LogP contribution in [0.4, 0.5) is 0 Å². The molecular weight excluding hydrogens is 116 g/mol. The molecular formula is C7H13O2. The first-order valence-corrected chi connectivity index (χ1v) is 3.07. The van der Waals surface area contributed by atoms with E-state index in [9.17, 15) is 5.11 Å². The van der Waals surface area contributed by atoms with E-state index in [1.807, 2.05) is 6.92 Å². The van der Waals surface area contributed by atoms with Gasteiger partial charge in [-0.2, -0.15) is 0 Å². The van der Waals surface area contributed by atoms with E-state index in [0.717, 1.165) is 5.57 Å². The van der Waals surface area contributed by atoms with Crippen LogP contribution < -0.4 is 0 Å². The SMILES string of the molecule is C=C(C)COCCC[O]. The minimum absolute atomic E-state index is 0.0454. The third-order valence-electron chi connectivity index (χ3n) is 0.781. The zero-order chi connectivity index (χ0) is 7.11. The molecule has 0 aromatic carbocycles. The predicted molar refractivity (Wildman–Crippen MR) is 35.8 cm³/mol. The second-order valence-electron chi connectivity index (χ2n) is 2.07. The molecule has 0 aliphatic rings. The van der Waals surface area contributed by atoms with Gasteiger partial charge in [0.05, 0.1) is 13.2 Å². The van der Waals surface area contributed by atoms with E-state index in [-0.39, 0.29) is 6.61 Å². The van der Waals surface area contributed by atoms with Crippen molar-refractivity contribution in [2.75, 3.05) is 19.8 Å². The van der Waals surface area contributed by atoms with Crippen LogP contribution in [0.1, 0.15) is 13.3 Å². The van der Waals surface area contributed by atoms with Crippen molar-refractivity contribution in [1.29, 1.82) is 0 Å². The highest BCUT2D eigenvalue weighted by molar-refractivity contribution is 4.87. The van der Waals surface area contributed by atoms with Crippen LogP contribution in [0.15, 0.2) is 12.2 Å². The Morgan fingerprint density at radius 1 is 1.67 bits per heavy atom.